The highest BCUT2D eigenvalue weighted by molar-refractivity contribution is 5.96. The molecule has 0 aromatic heterocycles. The Labute approximate surface area is 161 Å². The van der Waals surface area contributed by atoms with Crippen molar-refractivity contribution in [3.05, 3.63) is 30.3 Å². The zero-order valence-electron chi connectivity index (χ0n) is 14.6. The van der Waals surface area contributed by atoms with E-state index in [1.165, 1.54) is 4.90 Å². The Morgan fingerprint density at radius 2 is 1.81 bits per heavy atom. The van der Waals surface area contributed by atoms with Crippen molar-refractivity contribution in [2.24, 2.45) is 0 Å². The molecule has 0 atom stereocenters. The van der Waals surface area contributed by atoms with E-state index in [-0.39, 0.29) is 31.5 Å². The minimum Gasteiger partial charge on any atom is -0.345 e. The number of para-hydroxylation sites is 1. The summed E-state index contributed by atoms with van der Waals surface area (Å²) in [5, 5.41) is 5.05. The first-order valence-corrected chi connectivity index (χ1v) is 8.48. The normalized spacial score (nSPS) is 19.1. The lowest BCUT2D eigenvalue weighted by Gasteiger charge is -2.40. The largest absolute Gasteiger partial charge is 0.405 e. The number of hydrogen-bond donors (Lipinski definition) is 2. The van der Waals surface area contributed by atoms with Crippen LogP contribution in [-0.4, -0.2) is 61.3 Å². The summed E-state index contributed by atoms with van der Waals surface area (Å²) in [6, 6.07) is 9.40. The summed E-state index contributed by atoms with van der Waals surface area (Å²) in [7, 11) is 0. The van der Waals surface area contributed by atoms with Crippen LogP contribution in [0, 0.1) is 0 Å². The fourth-order valence-electron chi connectivity index (χ4n) is 3.59. The number of benzene rings is 1. The number of carbonyl (C=O) groups is 2. The number of hydrogen-bond acceptors (Lipinski definition) is 4. The van der Waals surface area contributed by atoms with Crippen LogP contribution in [0.5, 0.6) is 0 Å². The number of carbonyl (C=O) groups excluding carboxylic acids is 2. The Hall–Kier alpha value is -2.00. The van der Waals surface area contributed by atoms with Gasteiger partial charge in [0.2, 0.25) is 11.8 Å². The van der Waals surface area contributed by atoms with Gasteiger partial charge in [0.15, 0.2) is 0 Å². The van der Waals surface area contributed by atoms with Crippen molar-refractivity contribution >= 4 is 29.9 Å². The molecule has 2 aliphatic heterocycles. The fraction of sp³-hybridized carbons (Fsp3) is 0.529. The summed E-state index contributed by atoms with van der Waals surface area (Å²) in [4.78, 5) is 28.2. The molecule has 0 unspecified atom stereocenters. The molecule has 1 aromatic carbocycles. The fourth-order valence-corrected chi connectivity index (χ4v) is 3.59. The van der Waals surface area contributed by atoms with E-state index in [1.807, 2.05) is 40.5 Å². The van der Waals surface area contributed by atoms with Gasteiger partial charge in [-0.1, -0.05) is 18.2 Å². The van der Waals surface area contributed by atoms with Gasteiger partial charge in [0.05, 0.1) is 6.67 Å². The molecular formula is C17H22ClF3N4O2. The average Bonchev–Trinajstić information content (AvgIpc) is 2.87. The zero-order valence-corrected chi connectivity index (χ0v) is 15.4. The minimum atomic E-state index is -4.48. The van der Waals surface area contributed by atoms with Gasteiger partial charge in [0.1, 0.15) is 18.6 Å². The van der Waals surface area contributed by atoms with Crippen molar-refractivity contribution in [1.29, 1.82) is 0 Å². The van der Waals surface area contributed by atoms with Gasteiger partial charge in [0.25, 0.3) is 0 Å². The first-order chi connectivity index (χ1) is 12.3. The molecule has 27 heavy (non-hydrogen) atoms. The molecule has 150 valence electrons. The topological polar surface area (TPSA) is 64.7 Å². The van der Waals surface area contributed by atoms with Crippen LogP contribution >= 0.6 is 12.4 Å². The number of amides is 2. The number of anilines is 1. The summed E-state index contributed by atoms with van der Waals surface area (Å²) in [5.74, 6) is -1.01. The molecule has 0 aliphatic carbocycles. The molecule has 0 radical (unpaired) electrons. The first kappa shape index (κ1) is 21.3. The average molecular weight is 407 g/mol. The van der Waals surface area contributed by atoms with Gasteiger partial charge in [-0.3, -0.25) is 9.59 Å². The number of piperidine rings is 1. The number of rotatable bonds is 4. The Balaban J connectivity index is 0.00000261. The summed E-state index contributed by atoms with van der Waals surface area (Å²) in [6.07, 6.45) is -3.31. The van der Waals surface area contributed by atoms with Crippen molar-refractivity contribution in [3.63, 3.8) is 0 Å². The van der Waals surface area contributed by atoms with E-state index in [1.54, 1.807) is 0 Å². The predicted molar refractivity (Wildman–Crippen MR) is 96.6 cm³/mol. The molecule has 6 nitrogen and oxygen atoms in total. The maximum absolute atomic E-state index is 13.1. The molecular weight excluding hydrogens is 385 g/mol. The van der Waals surface area contributed by atoms with Crippen molar-refractivity contribution in [2.75, 3.05) is 37.7 Å². The Bertz CT molecular complexity index is 666. The number of nitrogens with zero attached hydrogens (tertiary/aromatic N) is 2. The predicted octanol–water partition coefficient (Wildman–Crippen LogP) is 1.52. The van der Waals surface area contributed by atoms with Crippen molar-refractivity contribution in [1.82, 2.24) is 15.5 Å². The summed E-state index contributed by atoms with van der Waals surface area (Å²) >= 11 is 0. The smallest absolute Gasteiger partial charge is 0.345 e. The van der Waals surface area contributed by atoms with Crippen LogP contribution in [0.1, 0.15) is 12.8 Å². The Kier molecular flexibility index (Phi) is 6.59. The van der Waals surface area contributed by atoms with E-state index in [9.17, 15) is 22.8 Å². The first-order valence-electron chi connectivity index (χ1n) is 8.48. The molecule has 0 saturated carbocycles. The van der Waals surface area contributed by atoms with Crippen molar-refractivity contribution < 1.29 is 22.8 Å². The molecule has 0 bridgehead atoms. The number of nitrogens with one attached hydrogen (secondary N) is 2. The van der Waals surface area contributed by atoms with Crippen LogP contribution in [0.15, 0.2) is 30.3 Å². The van der Waals surface area contributed by atoms with E-state index in [0.29, 0.717) is 25.9 Å². The lowest BCUT2D eigenvalue weighted by molar-refractivity contribution is -0.142. The van der Waals surface area contributed by atoms with Crippen LogP contribution in [0.4, 0.5) is 18.9 Å². The Morgan fingerprint density at radius 1 is 1.19 bits per heavy atom. The lowest BCUT2D eigenvalue weighted by atomic mass is 9.86. The van der Waals surface area contributed by atoms with Crippen LogP contribution in [-0.2, 0) is 9.59 Å². The van der Waals surface area contributed by atoms with Gasteiger partial charge in [-0.2, -0.15) is 13.2 Å². The quantitative estimate of drug-likeness (QED) is 0.795. The molecule has 3 rings (SSSR count). The summed E-state index contributed by atoms with van der Waals surface area (Å²) in [6.45, 7) is -0.257. The monoisotopic (exact) mass is 406 g/mol. The van der Waals surface area contributed by atoms with Gasteiger partial charge < -0.3 is 20.4 Å². The highest BCUT2D eigenvalue weighted by atomic mass is 35.5. The summed E-state index contributed by atoms with van der Waals surface area (Å²) < 4.78 is 36.8. The maximum atomic E-state index is 13.1. The second-order valence-corrected chi connectivity index (χ2v) is 6.58. The highest BCUT2D eigenvalue weighted by Gasteiger charge is 2.53. The third-order valence-corrected chi connectivity index (χ3v) is 4.83. The van der Waals surface area contributed by atoms with Crippen LogP contribution in [0.25, 0.3) is 0 Å². The van der Waals surface area contributed by atoms with Crippen LogP contribution in [0.3, 0.4) is 0 Å². The van der Waals surface area contributed by atoms with Gasteiger partial charge in [-0.05, 0) is 38.1 Å². The third kappa shape index (κ3) is 4.65. The molecule has 10 heteroatoms. The van der Waals surface area contributed by atoms with E-state index in [0.717, 1.165) is 5.69 Å². The van der Waals surface area contributed by atoms with Crippen LogP contribution in [0.2, 0.25) is 0 Å². The molecule has 2 N–H and O–H groups in total. The van der Waals surface area contributed by atoms with E-state index >= 15 is 0 Å². The Morgan fingerprint density at radius 3 is 2.41 bits per heavy atom. The molecule has 2 fully saturated rings. The van der Waals surface area contributed by atoms with Gasteiger partial charge in [-0.25, -0.2) is 0 Å². The second kappa shape index (κ2) is 8.35. The lowest BCUT2D eigenvalue weighted by Crippen LogP contribution is -2.56. The molecule has 1 aromatic rings. The standard InChI is InChI=1S/C17H21F3N4O2.ClH/c18-17(19,20)11-22-14(25)10-23-12-24(13-4-2-1-3-5-13)16(15(23)26)6-8-21-9-7-16;/h1-5,21H,6-12H2,(H,22,25);1H. The molecule has 2 amide bonds. The highest BCUT2D eigenvalue weighted by Crippen LogP contribution is 2.37. The van der Waals surface area contributed by atoms with E-state index < -0.39 is 24.2 Å². The number of halogens is 4. The molecule has 1 spiro atoms. The molecule has 2 saturated heterocycles. The van der Waals surface area contributed by atoms with E-state index in [2.05, 4.69) is 5.32 Å². The van der Waals surface area contributed by atoms with Crippen LogP contribution < -0.4 is 15.5 Å². The van der Waals surface area contributed by atoms with Crippen molar-refractivity contribution in [2.45, 2.75) is 24.6 Å². The van der Waals surface area contributed by atoms with Gasteiger partial charge in [-0.15, -0.1) is 12.4 Å². The van der Waals surface area contributed by atoms with Crippen molar-refractivity contribution in [3.8, 4) is 0 Å². The third-order valence-electron chi connectivity index (χ3n) is 4.83. The summed E-state index contributed by atoms with van der Waals surface area (Å²) in [5.41, 5.74) is 0.109. The van der Waals surface area contributed by atoms with E-state index in [4.69, 9.17) is 0 Å². The number of alkyl halides is 3. The van der Waals surface area contributed by atoms with Gasteiger partial charge >= 0.3 is 6.18 Å². The SMILES string of the molecule is Cl.O=C(CN1CN(c2ccccc2)C2(CCNCC2)C1=O)NCC(F)(F)F. The molecule has 2 aliphatic rings. The van der Waals surface area contributed by atoms with Gasteiger partial charge in [0, 0.05) is 5.69 Å². The molecule has 2 heterocycles. The minimum absolute atomic E-state index is 0. The second-order valence-electron chi connectivity index (χ2n) is 6.58. The maximum Gasteiger partial charge on any atom is 0.405 e. The zero-order chi connectivity index (χ0) is 18.8.